The van der Waals surface area contributed by atoms with Gasteiger partial charge in [-0.1, -0.05) is 17.7 Å². The Morgan fingerprint density at radius 1 is 0.967 bits per heavy atom. The number of rotatable bonds is 8. The van der Waals surface area contributed by atoms with Gasteiger partial charge in [0.1, 0.15) is 0 Å². The van der Waals surface area contributed by atoms with Crippen LogP contribution >= 0.6 is 0 Å². The van der Waals surface area contributed by atoms with E-state index in [9.17, 15) is 14.4 Å². The number of nitrogens with zero attached hydrogens (tertiary/aromatic N) is 1. The van der Waals surface area contributed by atoms with Crippen molar-refractivity contribution < 1.29 is 19.1 Å². The summed E-state index contributed by atoms with van der Waals surface area (Å²) in [5, 5.41) is 2.72. The predicted molar refractivity (Wildman–Crippen MR) is 117 cm³/mol. The zero-order chi connectivity index (χ0) is 21.5. The van der Waals surface area contributed by atoms with Crippen LogP contribution in [0.25, 0.3) is 0 Å². The van der Waals surface area contributed by atoms with Crippen molar-refractivity contribution in [3.63, 3.8) is 0 Å². The molecular formula is C24H28N2O4. The van der Waals surface area contributed by atoms with E-state index in [0.29, 0.717) is 11.3 Å². The van der Waals surface area contributed by atoms with Crippen LogP contribution in [0.4, 0.5) is 11.4 Å². The first-order valence-electron chi connectivity index (χ1n) is 10.3. The highest BCUT2D eigenvalue weighted by atomic mass is 16.5. The molecule has 158 valence electrons. The Morgan fingerprint density at radius 3 is 2.37 bits per heavy atom. The Labute approximate surface area is 177 Å². The van der Waals surface area contributed by atoms with Crippen molar-refractivity contribution in [3.05, 3.63) is 59.2 Å². The van der Waals surface area contributed by atoms with Gasteiger partial charge in [-0.15, -0.1) is 0 Å². The van der Waals surface area contributed by atoms with E-state index in [1.54, 1.807) is 0 Å². The van der Waals surface area contributed by atoms with Gasteiger partial charge in [0.15, 0.2) is 12.4 Å². The quantitative estimate of drug-likeness (QED) is 0.527. The fraction of sp³-hybridized carbons (Fsp3) is 0.375. The molecule has 0 bridgehead atoms. The molecular weight excluding hydrogens is 380 g/mol. The first kappa shape index (κ1) is 21.6. The smallest absolute Gasteiger partial charge is 0.306 e. The molecule has 30 heavy (non-hydrogen) atoms. The van der Waals surface area contributed by atoms with Gasteiger partial charge < -0.3 is 15.0 Å². The van der Waals surface area contributed by atoms with Gasteiger partial charge in [-0.05, 0) is 62.6 Å². The average molecular weight is 408 g/mol. The highest BCUT2D eigenvalue weighted by Crippen LogP contribution is 2.22. The standard InChI is InChI=1S/C24H28N2O4/c1-17-5-6-18(2)21(15-17)22(27)11-12-24(29)30-16-23(28)25-19-7-9-20(10-8-19)26-13-3-4-14-26/h5-10,15H,3-4,11-14,16H2,1-2H3,(H,25,28). The van der Waals surface area contributed by atoms with Crippen molar-refractivity contribution in [2.75, 3.05) is 29.9 Å². The Morgan fingerprint density at radius 2 is 1.67 bits per heavy atom. The van der Waals surface area contributed by atoms with Crippen LogP contribution in [0.1, 0.15) is 47.2 Å². The molecule has 2 aromatic rings. The number of Topliss-reactive ketones (excluding diaryl/α,β-unsaturated/α-hetero) is 1. The van der Waals surface area contributed by atoms with Crippen molar-refractivity contribution >= 4 is 29.0 Å². The van der Waals surface area contributed by atoms with Gasteiger partial charge in [-0.2, -0.15) is 0 Å². The van der Waals surface area contributed by atoms with Crippen molar-refractivity contribution in [3.8, 4) is 0 Å². The molecule has 1 amide bonds. The van der Waals surface area contributed by atoms with Crippen molar-refractivity contribution in [1.29, 1.82) is 0 Å². The number of carbonyl (C=O) groups is 3. The van der Waals surface area contributed by atoms with Gasteiger partial charge in [0.05, 0.1) is 6.42 Å². The Hall–Kier alpha value is -3.15. The summed E-state index contributed by atoms with van der Waals surface area (Å²) in [7, 11) is 0. The molecule has 3 rings (SSSR count). The summed E-state index contributed by atoms with van der Waals surface area (Å²) < 4.78 is 5.01. The summed E-state index contributed by atoms with van der Waals surface area (Å²) in [5.74, 6) is -1.07. The third-order valence-corrected chi connectivity index (χ3v) is 5.24. The highest BCUT2D eigenvalue weighted by molar-refractivity contribution is 5.99. The van der Waals surface area contributed by atoms with E-state index in [0.717, 1.165) is 29.9 Å². The topological polar surface area (TPSA) is 75.7 Å². The Kier molecular flexibility index (Phi) is 7.22. The van der Waals surface area contributed by atoms with E-state index in [4.69, 9.17) is 4.74 Å². The first-order valence-corrected chi connectivity index (χ1v) is 10.3. The summed E-state index contributed by atoms with van der Waals surface area (Å²) in [4.78, 5) is 38.6. The summed E-state index contributed by atoms with van der Waals surface area (Å²) in [6.07, 6.45) is 2.42. The molecule has 6 nitrogen and oxygen atoms in total. The van der Waals surface area contributed by atoms with Gasteiger partial charge in [-0.25, -0.2) is 0 Å². The van der Waals surface area contributed by atoms with Crippen molar-refractivity contribution in [1.82, 2.24) is 0 Å². The lowest BCUT2D eigenvalue weighted by atomic mass is 9.99. The molecule has 1 heterocycles. The van der Waals surface area contributed by atoms with Crippen LogP contribution in [0, 0.1) is 13.8 Å². The first-order chi connectivity index (χ1) is 14.4. The molecule has 1 aliphatic rings. The molecule has 0 spiro atoms. The summed E-state index contributed by atoms with van der Waals surface area (Å²) in [5.41, 5.74) is 4.30. The number of aryl methyl sites for hydroxylation is 2. The van der Waals surface area contributed by atoms with Gasteiger partial charge in [0.2, 0.25) is 0 Å². The second-order valence-corrected chi connectivity index (χ2v) is 7.69. The molecule has 0 unspecified atom stereocenters. The number of ether oxygens (including phenoxy) is 1. The van der Waals surface area contributed by atoms with Crippen LogP contribution in [0.5, 0.6) is 0 Å². The maximum Gasteiger partial charge on any atom is 0.306 e. The van der Waals surface area contributed by atoms with E-state index >= 15 is 0 Å². The monoisotopic (exact) mass is 408 g/mol. The van der Waals surface area contributed by atoms with Crippen LogP contribution in [0.2, 0.25) is 0 Å². The lowest BCUT2D eigenvalue weighted by Crippen LogP contribution is -2.21. The highest BCUT2D eigenvalue weighted by Gasteiger charge is 2.15. The number of hydrogen-bond acceptors (Lipinski definition) is 5. The lowest BCUT2D eigenvalue weighted by Gasteiger charge is -2.17. The summed E-state index contributed by atoms with van der Waals surface area (Å²) >= 11 is 0. The minimum absolute atomic E-state index is 0.0516. The van der Waals surface area contributed by atoms with Gasteiger partial charge in [0.25, 0.3) is 5.91 Å². The van der Waals surface area contributed by atoms with Crippen LogP contribution in [0.15, 0.2) is 42.5 Å². The molecule has 6 heteroatoms. The molecule has 0 saturated carbocycles. The second-order valence-electron chi connectivity index (χ2n) is 7.69. The minimum atomic E-state index is -0.562. The van der Waals surface area contributed by atoms with Crippen LogP contribution in [-0.4, -0.2) is 37.4 Å². The van der Waals surface area contributed by atoms with Gasteiger partial charge >= 0.3 is 5.97 Å². The fourth-order valence-corrected chi connectivity index (χ4v) is 3.53. The lowest BCUT2D eigenvalue weighted by molar-refractivity contribution is -0.147. The number of nitrogens with one attached hydrogen (secondary N) is 1. The number of esters is 1. The van der Waals surface area contributed by atoms with E-state index in [-0.39, 0.29) is 25.2 Å². The number of ketones is 1. The maximum absolute atomic E-state index is 12.3. The van der Waals surface area contributed by atoms with Crippen molar-refractivity contribution in [2.45, 2.75) is 39.5 Å². The summed E-state index contributed by atoms with van der Waals surface area (Å²) in [6.45, 7) is 5.54. The van der Waals surface area contributed by atoms with Crippen LogP contribution in [0.3, 0.4) is 0 Å². The number of carbonyl (C=O) groups excluding carboxylic acids is 3. The molecule has 1 saturated heterocycles. The number of hydrogen-bond donors (Lipinski definition) is 1. The van der Waals surface area contributed by atoms with E-state index in [2.05, 4.69) is 10.2 Å². The zero-order valence-corrected chi connectivity index (χ0v) is 17.6. The third kappa shape index (κ3) is 5.92. The van der Waals surface area contributed by atoms with Crippen molar-refractivity contribution in [2.24, 2.45) is 0 Å². The Bertz CT molecular complexity index is 915. The zero-order valence-electron chi connectivity index (χ0n) is 17.6. The number of anilines is 2. The summed E-state index contributed by atoms with van der Waals surface area (Å²) in [6, 6.07) is 13.3. The molecule has 2 aromatic carbocycles. The van der Waals surface area contributed by atoms with Crippen LogP contribution < -0.4 is 10.2 Å². The average Bonchev–Trinajstić information content (AvgIpc) is 3.27. The molecule has 1 N–H and O–H groups in total. The SMILES string of the molecule is Cc1ccc(C)c(C(=O)CCC(=O)OCC(=O)Nc2ccc(N3CCCC3)cc2)c1. The third-order valence-electron chi connectivity index (χ3n) is 5.24. The molecule has 1 fully saturated rings. The Balaban J connectivity index is 1.40. The minimum Gasteiger partial charge on any atom is -0.456 e. The van der Waals surface area contributed by atoms with Gasteiger partial charge in [-0.3, -0.25) is 14.4 Å². The number of amides is 1. The molecule has 0 aromatic heterocycles. The molecule has 1 aliphatic heterocycles. The normalized spacial score (nSPS) is 13.2. The van der Waals surface area contributed by atoms with E-state index < -0.39 is 11.9 Å². The predicted octanol–water partition coefficient (Wildman–Crippen LogP) is 4.05. The second kappa shape index (κ2) is 10.1. The molecule has 0 radical (unpaired) electrons. The maximum atomic E-state index is 12.3. The largest absolute Gasteiger partial charge is 0.456 e. The van der Waals surface area contributed by atoms with Crippen LogP contribution in [-0.2, 0) is 14.3 Å². The van der Waals surface area contributed by atoms with E-state index in [1.807, 2.05) is 56.3 Å². The molecule has 0 atom stereocenters. The number of benzene rings is 2. The van der Waals surface area contributed by atoms with Gasteiger partial charge in [0, 0.05) is 36.4 Å². The fourth-order valence-electron chi connectivity index (χ4n) is 3.53. The molecule has 0 aliphatic carbocycles. The van der Waals surface area contributed by atoms with E-state index in [1.165, 1.54) is 12.8 Å².